The lowest BCUT2D eigenvalue weighted by Crippen LogP contribution is -2.28. The Morgan fingerprint density at radius 3 is 2.31 bits per heavy atom. The van der Waals surface area contributed by atoms with Crippen LogP contribution in [0.1, 0.15) is 39.9 Å². The molecule has 26 heavy (non-hydrogen) atoms. The first-order valence-corrected chi connectivity index (χ1v) is 10.3. The van der Waals surface area contributed by atoms with Gasteiger partial charge in [0.2, 0.25) is 0 Å². The molecule has 1 aliphatic heterocycles. The minimum absolute atomic E-state index is 0.106. The van der Waals surface area contributed by atoms with Gasteiger partial charge in [0.1, 0.15) is 0 Å². The maximum Gasteiger partial charge on any atom is 0.262 e. The van der Waals surface area contributed by atoms with E-state index in [1.54, 1.807) is 30.0 Å². The molecular formula is C20H24N2O3S. The number of sulfonamides is 1. The van der Waals surface area contributed by atoms with Gasteiger partial charge in [0.05, 0.1) is 10.6 Å². The predicted octanol–water partition coefficient (Wildman–Crippen LogP) is 3.65. The summed E-state index contributed by atoms with van der Waals surface area (Å²) >= 11 is 0. The summed E-state index contributed by atoms with van der Waals surface area (Å²) in [6, 6.07) is 10.5. The van der Waals surface area contributed by atoms with Crippen LogP contribution in [0.2, 0.25) is 0 Å². The molecule has 1 amide bonds. The summed E-state index contributed by atoms with van der Waals surface area (Å²) in [4.78, 5) is 14.5. The molecule has 1 heterocycles. The molecule has 0 radical (unpaired) electrons. The third kappa shape index (κ3) is 3.75. The minimum Gasteiger partial charge on any atom is -0.339 e. The monoisotopic (exact) mass is 372 g/mol. The fraction of sp³-hybridized carbons (Fsp3) is 0.350. The second-order valence-corrected chi connectivity index (χ2v) is 8.55. The number of hydrogen-bond donors (Lipinski definition) is 1. The van der Waals surface area contributed by atoms with E-state index in [1.807, 2.05) is 26.0 Å². The highest BCUT2D eigenvalue weighted by Gasteiger charge is 2.23. The molecule has 5 nitrogen and oxygen atoms in total. The maximum atomic E-state index is 12.9. The lowest BCUT2D eigenvalue weighted by Gasteiger charge is -2.17. The van der Waals surface area contributed by atoms with Gasteiger partial charge in [-0.1, -0.05) is 18.2 Å². The Labute approximate surface area is 155 Å². The number of rotatable bonds is 4. The fourth-order valence-electron chi connectivity index (χ4n) is 3.17. The fourth-order valence-corrected chi connectivity index (χ4v) is 4.56. The number of benzene rings is 2. The first-order valence-electron chi connectivity index (χ1n) is 8.78. The van der Waals surface area contributed by atoms with Crippen molar-refractivity contribution in [2.24, 2.45) is 0 Å². The molecule has 2 aromatic carbocycles. The Morgan fingerprint density at radius 2 is 1.62 bits per heavy atom. The molecule has 2 aromatic rings. The highest BCUT2D eigenvalue weighted by molar-refractivity contribution is 7.92. The molecule has 0 spiro atoms. The molecule has 1 N–H and O–H groups in total. The molecule has 1 saturated heterocycles. The normalized spacial score (nSPS) is 14.5. The number of amides is 1. The lowest BCUT2D eigenvalue weighted by atomic mass is 10.1. The quantitative estimate of drug-likeness (QED) is 0.891. The van der Waals surface area contributed by atoms with E-state index in [2.05, 4.69) is 4.72 Å². The number of carbonyl (C=O) groups excluding carboxylic acids is 1. The van der Waals surface area contributed by atoms with Crippen LogP contribution >= 0.6 is 0 Å². The Kier molecular flexibility index (Phi) is 5.05. The summed E-state index contributed by atoms with van der Waals surface area (Å²) in [5.41, 5.74) is 3.41. The molecule has 0 bridgehead atoms. The third-order valence-corrected chi connectivity index (χ3v) is 6.26. The van der Waals surface area contributed by atoms with E-state index in [-0.39, 0.29) is 10.8 Å². The first-order chi connectivity index (χ1) is 12.3. The van der Waals surface area contributed by atoms with E-state index in [1.165, 1.54) is 6.07 Å². The topological polar surface area (TPSA) is 66.5 Å². The summed E-state index contributed by atoms with van der Waals surface area (Å²) in [6.45, 7) is 6.97. The van der Waals surface area contributed by atoms with Crippen LogP contribution in [0.25, 0.3) is 0 Å². The zero-order chi connectivity index (χ0) is 18.9. The van der Waals surface area contributed by atoms with Crippen molar-refractivity contribution in [1.29, 1.82) is 0 Å². The molecule has 0 atom stereocenters. The number of aryl methyl sites for hydroxylation is 3. The smallest absolute Gasteiger partial charge is 0.262 e. The summed E-state index contributed by atoms with van der Waals surface area (Å²) in [6.07, 6.45) is 1.99. The second-order valence-electron chi connectivity index (χ2n) is 6.90. The van der Waals surface area contributed by atoms with Crippen molar-refractivity contribution in [3.8, 4) is 0 Å². The van der Waals surface area contributed by atoms with E-state index >= 15 is 0 Å². The molecule has 0 saturated carbocycles. The summed E-state index contributed by atoms with van der Waals surface area (Å²) in [5.74, 6) is -0.106. The van der Waals surface area contributed by atoms with Crippen LogP contribution < -0.4 is 4.72 Å². The molecule has 0 aliphatic carbocycles. The van der Waals surface area contributed by atoms with Crippen molar-refractivity contribution in [1.82, 2.24) is 4.90 Å². The zero-order valence-electron chi connectivity index (χ0n) is 15.4. The highest BCUT2D eigenvalue weighted by Crippen LogP contribution is 2.24. The maximum absolute atomic E-state index is 12.9. The number of anilines is 1. The van der Waals surface area contributed by atoms with E-state index in [0.717, 1.165) is 37.1 Å². The van der Waals surface area contributed by atoms with Gasteiger partial charge in [0, 0.05) is 18.7 Å². The van der Waals surface area contributed by atoms with Gasteiger partial charge in [-0.05, 0) is 68.5 Å². The molecule has 1 fully saturated rings. The van der Waals surface area contributed by atoms with Gasteiger partial charge in [-0.3, -0.25) is 9.52 Å². The Balaban J connectivity index is 1.95. The van der Waals surface area contributed by atoms with E-state index in [4.69, 9.17) is 0 Å². The highest BCUT2D eigenvalue weighted by atomic mass is 32.2. The van der Waals surface area contributed by atoms with Crippen LogP contribution in [0.5, 0.6) is 0 Å². The Morgan fingerprint density at radius 1 is 0.962 bits per heavy atom. The van der Waals surface area contributed by atoms with Gasteiger partial charge in [-0.25, -0.2) is 8.42 Å². The minimum atomic E-state index is -3.78. The number of nitrogens with zero attached hydrogens (tertiary/aromatic N) is 1. The molecule has 1 aliphatic rings. The van der Waals surface area contributed by atoms with Crippen LogP contribution in [-0.2, 0) is 10.0 Å². The van der Waals surface area contributed by atoms with Gasteiger partial charge in [0.25, 0.3) is 15.9 Å². The van der Waals surface area contributed by atoms with E-state index in [0.29, 0.717) is 16.8 Å². The standard InChI is InChI=1S/C20H24N2O3S/c1-14-6-7-15(2)18(12-14)21-26(24,25)19-13-17(9-8-16(19)3)20(23)22-10-4-5-11-22/h6-9,12-13,21H,4-5,10-11H2,1-3H3. The summed E-state index contributed by atoms with van der Waals surface area (Å²) in [7, 11) is -3.78. The van der Waals surface area contributed by atoms with E-state index in [9.17, 15) is 13.2 Å². The average Bonchev–Trinajstić information content (AvgIpc) is 3.12. The van der Waals surface area contributed by atoms with Crippen LogP contribution in [0.4, 0.5) is 5.69 Å². The number of hydrogen-bond acceptors (Lipinski definition) is 3. The zero-order valence-corrected chi connectivity index (χ0v) is 16.2. The first kappa shape index (κ1) is 18.5. The Bertz CT molecular complexity index is 946. The SMILES string of the molecule is Cc1ccc(C)c(NS(=O)(=O)c2cc(C(=O)N3CCCC3)ccc2C)c1. The molecule has 138 valence electrons. The number of carbonyl (C=O) groups is 1. The van der Waals surface area contributed by atoms with Gasteiger partial charge in [-0.2, -0.15) is 0 Å². The molecule has 0 aromatic heterocycles. The van der Waals surface area contributed by atoms with Crippen molar-refractivity contribution in [2.75, 3.05) is 17.8 Å². The van der Waals surface area contributed by atoms with Gasteiger partial charge in [0.15, 0.2) is 0 Å². The van der Waals surface area contributed by atoms with E-state index < -0.39 is 10.0 Å². The van der Waals surface area contributed by atoms with Crippen LogP contribution in [0.15, 0.2) is 41.3 Å². The number of likely N-dealkylation sites (tertiary alicyclic amines) is 1. The lowest BCUT2D eigenvalue weighted by molar-refractivity contribution is 0.0792. The molecular weight excluding hydrogens is 348 g/mol. The summed E-state index contributed by atoms with van der Waals surface area (Å²) < 4.78 is 28.6. The predicted molar refractivity (Wildman–Crippen MR) is 103 cm³/mol. The van der Waals surface area contributed by atoms with Gasteiger partial charge in [-0.15, -0.1) is 0 Å². The third-order valence-electron chi connectivity index (χ3n) is 4.76. The van der Waals surface area contributed by atoms with Crippen molar-refractivity contribution >= 4 is 21.6 Å². The van der Waals surface area contributed by atoms with Gasteiger partial charge < -0.3 is 4.90 Å². The van der Waals surface area contributed by atoms with Crippen molar-refractivity contribution in [3.63, 3.8) is 0 Å². The number of nitrogens with one attached hydrogen (secondary N) is 1. The van der Waals surface area contributed by atoms with Crippen molar-refractivity contribution in [2.45, 2.75) is 38.5 Å². The van der Waals surface area contributed by atoms with Crippen molar-refractivity contribution in [3.05, 3.63) is 58.7 Å². The van der Waals surface area contributed by atoms with Crippen LogP contribution in [-0.4, -0.2) is 32.3 Å². The molecule has 6 heteroatoms. The largest absolute Gasteiger partial charge is 0.339 e. The Hall–Kier alpha value is -2.34. The van der Waals surface area contributed by atoms with Crippen molar-refractivity contribution < 1.29 is 13.2 Å². The average molecular weight is 372 g/mol. The van der Waals surface area contributed by atoms with Gasteiger partial charge >= 0.3 is 0 Å². The molecule has 3 rings (SSSR count). The molecule has 0 unspecified atom stereocenters. The summed E-state index contributed by atoms with van der Waals surface area (Å²) in [5, 5.41) is 0. The van der Waals surface area contributed by atoms with Crippen LogP contribution in [0, 0.1) is 20.8 Å². The van der Waals surface area contributed by atoms with Crippen LogP contribution in [0.3, 0.4) is 0 Å². The second kappa shape index (κ2) is 7.11.